The second-order valence-corrected chi connectivity index (χ2v) is 28.9. The van der Waals surface area contributed by atoms with Crippen LogP contribution in [0.1, 0.15) is 221 Å². The van der Waals surface area contributed by atoms with Gasteiger partial charge in [0.1, 0.15) is 0 Å². The number of hydrogen-bond acceptors (Lipinski definition) is 3. The Morgan fingerprint density at radius 3 is 0.885 bits per heavy atom. The van der Waals surface area contributed by atoms with Crippen LogP contribution in [0.4, 0.5) is 0 Å². The first-order valence-electron chi connectivity index (χ1n) is 22.9. The van der Waals surface area contributed by atoms with Gasteiger partial charge in [-0.3, -0.25) is 0 Å². The molecule has 0 unspecified atom stereocenters. The molecule has 0 aromatic rings. The average molecular weight is 765 g/mol. The molecule has 1 N–H and O–H groups in total. The Morgan fingerprint density at radius 1 is 0.385 bits per heavy atom. The van der Waals surface area contributed by atoms with Gasteiger partial charge < -0.3 is 14.0 Å². The van der Waals surface area contributed by atoms with E-state index >= 15 is 0 Å². The summed E-state index contributed by atoms with van der Waals surface area (Å²) in [6.45, 7) is 25.3. The lowest BCUT2D eigenvalue weighted by atomic mass is 10.0. The van der Waals surface area contributed by atoms with Gasteiger partial charge in [0, 0.05) is 13.2 Å². The van der Waals surface area contributed by atoms with Gasteiger partial charge in [0.05, 0.1) is 6.10 Å². The molecular weight excluding hydrogens is 669 g/mol. The van der Waals surface area contributed by atoms with Crippen molar-refractivity contribution in [1.82, 2.24) is 0 Å². The van der Waals surface area contributed by atoms with E-state index < -0.39 is 16.6 Å². The zero-order valence-electron chi connectivity index (χ0n) is 37.4. The third-order valence-corrected chi connectivity index (χ3v) is 21.3. The third kappa shape index (κ3) is 31.0. The largest absolute Gasteiger partial charge is 0.417 e. The highest BCUT2D eigenvalue weighted by Gasteiger charge is 2.37. The molecule has 0 bridgehead atoms. The fourth-order valence-corrected chi connectivity index (χ4v) is 8.37. The summed E-state index contributed by atoms with van der Waals surface area (Å²) in [5.74, 6) is 0. The van der Waals surface area contributed by atoms with Gasteiger partial charge in [0.25, 0.3) is 0 Å². The third-order valence-electron chi connectivity index (χ3n) is 12.2. The van der Waals surface area contributed by atoms with Crippen LogP contribution in [-0.2, 0) is 8.85 Å². The molecule has 0 atom stereocenters. The Bertz CT molecular complexity index is 769. The number of unbranched alkanes of at least 4 members (excludes halogenated alkanes) is 22. The lowest BCUT2D eigenvalue weighted by molar-refractivity contribution is 0.147. The first-order chi connectivity index (χ1) is 24.6. The molecule has 0 saturated heterocycles. The van der Waals surface area contributed by atoms with Gasteiger partial charge in [-0.05, 0) is 113 Å². The molecule has 0 aliphatic carbocycles. The SMILES string of the molecule is CC(C)(C)[Si](C)(C)OCCCCCCC/C=C\CCCCCCCCC(O)CCCCCCCC/C=C\CCCCCCCO[Si](C)(C)C(C)(C)C. The summed E-state index contributed by atoms with van der Waals surface area (Å²) in [5, 5.41) is 11.0. The summed E-state index contributed by atoms with van der Waals surface area (Å²) in [7, 11) is -3.12. The van der Waals surface area contributed by atoms with Crippen LogP contribution in [-0.4, -0.2) is 41.1 Å². The highest BCUT2D eigenvalue weighted by atomic mass is 28.4. The van der Waals surface area contributed by atoms with E-state index in [1.807, 2.05) is 0 Å². The first-order valence-corrected chi connectivity index (χ1v) is 28.7. The van der Waals surface area contributed by atoms with Crippen molar-refractivity contribution in [2.45, 2.75) is 264 Å². The van der Waals surface area contributed by atoms with Crippen LogP contribution in [0.25, 0.3) is 0 Å². The Morgan fingerprint density at radius 2 is 0.615 bits per heavy atom. The lowest BCUT2D eigenvalue weighted by Crippen LogP contribution is -2.40. The molecule has 0 fully saturated rings. The van der Waals surface area contributed by atoms with Gasteiger partial charge in [-0.25, -0.2) is 0 Å². The molecule has 310 valence electrons. The molecule has 0 aromatic heterocycles. The molecule has 0 saturated carbocycles. The van der Waals surface area contributed by atoms with E-state index in [1.165, 1.54) is 167 Å². The maximum atomic E-state index is 10.4. The van der Waals surface area contributed by atoms with Crippen LogP contribution in [0.2, 0.25) is 36.3 Å². The fraction of sp³-hybridized carbons (Fsp3) is 0.915. The van der Waals surface area contributed by atoms with Crippen molar-refractivity contribution in [1.29, 1.82) is 0 Å². The highest BCUT2D eigenvalue weighted by molar-refractivity contribution is 6.74. The minimum Gasteiger partial charge on any atom is -0.417 e. The molecule has 0 aromatic carbocycles. The van der Waals surface area contributed by atoms with Crippen LogP contribution in [0.15, 0.2) is 24.3 Å². The second kappa shape index (κ2) is 31.9. The van der Waals surface area contributed by atoms with Gasteiger partial charge in [0.2, 0.25) is 0 Å². The van der Waals surface area contributed by atoms with Crippen molar-refractivity contribution >= 4 is 16.6 Å². The smallest absolute Gasteiger partial charge is 0.191 e. The Hall–Kier alpha value is -0.206. The second-order valence-electron chi connectivity index (χ2n) is 19.3. The Balaban J connectivity index is 3.36. The predicted molar refractivity (Wildman–Crippen MR) is 240 cm³/mol. The zero-order chi connectivity index (χ0) is 39.0. The first kappa shape index (κ1) is 51.8. The van der Waals surface area contributed by atoms with E-state index in [-0.39, 0.29) is 6.10 Å². The number of allylic oxidation sites excluding steroid dienone is 4. The van der Waals surface area contributed by atoms with E-state index in [1.54, 1.807) is 0 Å². The number of rotatable bonds is 36. The molecule has 52 heavy (non-hydrogen) atoms. The molecule has 0 aliphatic rings. The van der Waals surface area contributed by atoms with Crippen LogP contribution < -0.4 is 0 Å². The zero-order valence-corrected chi connectivity index (χ0v) is 39.4. The van der Waals surface area contributed by atoms with E-state index in [2.05, 4.69) is 92.0 Å². The molecule has 0 heterocycles. The van der Waals surface area contributed by atoms with E-state index in [0.29, 0.717) is 10.1 Å². The lowest BCUT2D eigenvalue weighted by Gasteiger charge is -2.36. The summed E-state index contributed by atoms with van der Waals surface area (Å²) >= 11 is 0. The fourth-order valence-electron chi connectivity index (χ4n) is 6.19. The molecule has 0 spiro atoms. The summed E-state index contributed by atoms with van der Waals surface area (Å²) in [5.41, 5.74) is 0. The summed E-state index contributed by atoms with van der Waals surface area (Å²) in [4.78, 5) is 0. The Labute approximate surface area is 330 Å². The molecule has 0 aliphatic heterocycles. The molecule has 0 radical (unpaired) electrons. The summed E-state index contributed by atoms with van der Waals surface area (Å²) < 4.78 is 12.6. The number of aliphatic hydroxyl groups is 1. The minimum absolute atomic E-state index is 0.0713. The van der Waals surface area contributed by atoms with Crippen molar-refractivity contribution < 1.29 is 14.0 Å². The highest BCUT2D eigenvalue weighted by Crippen LogP contribution is 2.37. The molecule has 5 heteroatoms. The van der Waals surface area contributed by atoms with Gasteiger partial charge >= 0.3 is 0 Å². The van der Waals surface area contributed by atoms with Gasteiger partial charge in [-0.1, -0.05) is 169 Å². The standard InChI is InChI=1S/C47H96O3Si2/c1-46(2,3)51(7,8)49-43-39-35-31-27-23-19-15-11-13-17-21-25-29-33-37-41-45(48)42-38-34-30-26-22-18-14-12-16-20-24-28-32-36-40-44-50-52(9,10)47(4,5)6/h11-12,15-16,45,48H,13-14,17-44H2,1-10H3/b15-11-,16-12-. The van der Waals surface area contributed by atoms with Crippen LogP contribution >= 0.6 is 0 Å². The van der Waals surface area contributed by atoms with Crippen molar-refractivity contribution in [3.05, 3.63) is 24.3 Å². The van der Waals surface area contributed by atoms with Crippen molar-refractivity contribution in [2.75, 3.05) is 13.2 Å². The number of hydrogen-bond donors (Lipinski definition) is 1. The normalized spacial score (nSPS) is 13.5. The van der Waals surface area contributed by atoms with Gasteiger partial charge in [0.15, 0.2) is 16.6 Å². The maximum absolute atomic E-state index is 10.4. The van der Waals surface area contributed by atoms with E-state index in [4.69, 9.17) is 8.85 Å². The Kier molecular flexibility index (Phi) is 31.8. The van der Waals surface area contributed by atoms with Gasteiger partial charge in [-0.15, -0.1) is 0 Å². The van der Waals surface area contributed by atoms with E-state index in [9.17, 15) is 5.11 Å². The van der Waals surface area contributed by atoms with E-state index in [0.717, 1.165) is 26.1 Å². The monoisotopic (exact) mass is 765 g/mol. The van der Waals surface area contributed by atoms with Crippen molar-refractivity contribution in [3.63, 3.8) is 0 Å². The van der Waals surface area contributed by atoms with Crippen LogP contribution in [0, 0.1) is 0 Å². The molecule has 0 amide bonds. The topological polar surface area (TPSA) is 38.7 Å². The van der Waals surface area contributed by atoms with Crippen molar-refractivity contribution in [2.24, 2.45) is 0 Å². The predicted octanol–water partition coefficient (Wildman–Crippen LogP) is 16.4. The molecular formula is C47H96O3Si2. The molecule has 3 nitrogen and oxygen atoms in total. The summed E-state index contributed by atoms with van der Waals surface area (Å²) in [6.07, 6.45) is 45.5. The van der Waals surface area contributed by atoms with Crippen LogP contribution in [0.5, 0.6) is 0 Å². The maximum Gasteiger partial charge on any atom is 0.191 e. The van der Waals surface area contributed by atoms with Crippen molar-refractivity contribution in [3.8, 4) is 0 Å². The minimum atomic E-state index is -1.56. The summed E-state index contributed by atoms with van der Waals surface area (Å²) in [6, 6.07) is 0. The quantitative estimate of drug-likeness (QED) is 0.0392. The average Bonchev–Trinajstić information content (AvgIpc) is 3.06. The molecule has 0 rings (SSSR count). The van der Waals surface area contributed by atoms with Crippen LogP contribution in [0.3, 0.4) is 0 Å². The number of aliphatic hydroxyl groups excluding tert-OH is 1. The van der Waals surface area contributed by atoms with Gasteiger partial charge in [-0.2, -0.15) is 0 Å².